The second-order valence-electron chi connectivity index (χ2n) is 11.0. The summed E-state index contributed by atoms with van der Waals surface area (Å²) in [5.74, 6) is -1.94. The third kappa shape index (κ3) is 3.92. The van der Waals surface area contributed by atoms with Crippen LogP contribution in [0, 0.1) is 23.7 Å². The second-order valence-corrected chi connectivity index (χ2v) is 11.4. The molecule has 5 rings (SSSR count). The molecular weight excluding hydrogens is 468 g/mol. The Hall–Kier alpha value is -1.90. The number of para-hydroxylation sites is 1. The van der Waals surface area contributed by atoms with E-state index in [2.05, 4.69) is 24.9 Å². The fourth-order valence-corrected chi connectivity index (χ4v) is 7.25. The Bertz CT molecular complexity index is 1090. The van der Waals surface area contributed by atoms with Gasteiger partial charge < -0.3 is 14.9 Å². The zero-order valence-corrected chi connectivity index (χ0v) is 21.5. The Labute approximate surface area is 211 Å². The number of hydrogen-bond donors (Lipinski definition) is 3. The van der Waals surface area contributed by atoms with Gasteiger partial charge in [-0.3, -0.25) is 20.0 Å². The van der Waals surface area contributed by atoms with Gasteiger partial charge in [0.25, 0.3) is 0 Å². The molecule has 2 aliphatic heterocycles. The number of nitrogens with zero attached hydrogens (tertiary/aromatic N) is 1. The summed E-state index contributed by atoms with van der Waals surface area (Å²) in [6, 6.07) is 4.43. The van der Waals surface area contributed by atoms with Crippen molar-refractivity contribution in [2.45, 2.75) is 70.1 Å². The molecule has 8 atom stereocenters. The summed E-state index contributed by atoms with van der Waals surface area (Å²) in [6.45, 7) is 10.3. The van der Waals surface area contributed by atoms with Crippen molar-refractivity contribution in [2.75, 3.05) is 12.1 Å². The Morgan fingerprint density at radius 1 is 1.34 bits per heavy atom. The van der Waals surface area contributed by atoms with Crippen molar-refractivity contribution in [3.8, 4) is 0 Å². The van der Waals surface area contributed by atoms with Gasteiger partial charge in [0.05, 0.1) is 10.7 Å². The van der Waals surface area contributed by atoms with Crippen LogP contribution in [0.3, 0.4) is 0 Å². The van der Waals surface area contributed by atoms with Gasteiger partial charge in [-0.2, -0.15) is 0 Å². The van der Waals surface area contributed by atoms with Gasteiger partial charge in [0.1, 0.15) is 11.6 Å². The quantitative estimate of drug-likeness (QED) is 0.326. The van der Waals surface area contributed by atoms with Gasteiger partial charge in [0.15, 0.2) is 6.23 Å². The van der Waals surface area contributed by atoms with E-state index < -0.39 is 29.6 Å². The van der Waals surface area contributed by atoms with Gasteiger partial charge in [0.2, 0.25) is 5.79 Å². The maximum Gasteiger partial charge on any atom is 0.325 e. The van der Waals surface area contributed by atoms with E-state index in [-0.39, 0.29) is 36.5 Å². The fraction of sp³-hybridized carbons (Fsp3) is 0.593. The number of benzene rings is 1. The number of hydroxylamine groups is 1. The first-order valence-electron chi connectivity index (χ1n) is 12.4. The normalized spacial score (nSPS) is 40.3. The molecule has 0 aromatic heterocycles. The number of halogens is 1. The van der Waals surface area contributed by atoms with Crippen LogP contribution in [0.5, 0.6) is 0 Å². The molecule has 7 nitrogen and oxygen atoms in total. The predicted molar refractivity (Wildman–Crippen MR) is 133 cm³/mol. The molecular formula is C27H35ClN2O5. The molecule has 1 aromatic carbocycles. The molecule has 0 amide bonds. The largest absolute Gasteiger partial charge is 0.431 e. The lowest BCUT2D eigenvalue weighted by atomic mass is 9.59. The lowest BCUT2D eigenvalue weighted by molar-refractivity contribution is -0.255. The third-order valence-electron chi connectivity index (χ3n) is 8.48. The topological polar surface area (TPSA) is 91.3 Å². The van der Waals surface area contributed by atoms with Crippen molar-refractivity contribution in [2.24, 2.45) is 23.7 Å². The van der Waals surface area contributed by atoms with Crippen LogP contribution in [0.25, 0.3) is 0 Å². The summed E-state index contributed by atoms with van der Waals surface area (Å²) in [5, 5.41) is 28.5. The summed E-state index contributed by atoms with van der Waals surface area (Å²) in [6.07, 6.45) is 3.64. The van der Waals surface area contributed by atoms with Crippen LogP contribution in [-0.2, 0) is 20.0 Å². The van der Waals surface area contributed by atoms with Gasteiger partial charge >= 0.3 is 5.97 Å². The Morgan fingerprint density at radius 2 is 2.09 bits per heavy atom. The van der Waals surface area contributed by atoms with Crippen LogP contribution in [0.2, 0.25) is 5.02 Å². The molecule has 1 aromatic rings. The number of nitrogens with one attached hydrogen (secondary N) is 1. The SMILES string of the molecule is C=C(C)C1CCC(C)C2C1C=C(C)CC2(O)OC(=O)[C@@H]1C[C@@]2(O)c3cccc(Cl)c3N(C)O[C@H]2N1. The van der Waals surface area contributed by atoms with Crippen LogP contribution in [0.15, 0.2) is 42.0 Å². The Balaban J connectivity index is 1.40. The van der Waals surface area contributed by atoms with Gasteiger partial charge in [-0.05, 0) is 50.5 Å². The molecule has 2 heterocycles. The molecule has 5 unspecified atom stereocenters. The molecule has 8 heteroatoms. The van der Waals surface area contributed by atoms with Crippen LogP contribution in [-0.4, -0.2) is 41.3 Å². The molecule has 35 heavy (non-hydrogen) atoms. The average Bonchev–Trinajstić information content (AvgIpc) is 3.11. The van der Waals surface area contributed by atoms with Gasteiger partial charge in [-0.1, -0.05) is 54.5 Å². The molecule has 0 radical (unpaired) electrons. The summed E-state index contributed by atoms with van der Waals surface area (Å²) in [5.41, 5.74) is 1.79. The fourth-order valence-electron chi connectivity index (χ4n) is 6.95. The number of esters is 1. The minimum absolute atomic E-state index is 0.0423. The molecule has 3 N–H and O–H groups in total. The van der Waals surface area contributed by atoms with Crippen molar-refractivity contribution in [1.29, 1.82) is 0 Å². The van der Waals surface area contributed by atoms with Crippen LogP contribution >= 0.6 is 11.6 Å². The predicted octanol–water partition coefficient (Wildman–Crippen LogP) is 4.03. The van der Waals surface area contributed by atoms with E-state index >= 15 is 0 Å². The van der Waals surface area contributed by atoms with Gasteiger partial charge in [0, 0.05) is 31.4 Å². The number of ether oxygens (including phenoxy) is 1. The lowest BCUT2D eigenvalue weighted by Crippen LogP contribution is -2.55. The highest BCUT2D eigenvalue weighted by molar-refractivity contribution is 6.33. The molecule has 0 spiro atoms. The summed E-state index contributed by atoms with van der Waals surface area (Å²) in [4.78, 5) is 19.4. The minimum Gasteiger partial charge on any atom is -0.431 e. The Kier molecular flexibility index (Phi) is 6.09. The number of allylic oxidation sites excluding steroid dienone is 2. The van der Waals surface area contributed by atoms with E-state index in [1.165, 1.54) is 5.06 Å². The van der Waals surface area contributed by atoms with E-state index in [1.807, 2.05) is 13.8 Å². The highest BCUT2D eigenvalue weighted by Crippen LogP contribution is 2.53. The van der Waals surface area contributed by atoms with Crippen LogP contribution in [0.1, 0.15) is 52.0 Å². The first-order chi connectivity index (χ1) is 16.4. The molecule has 2 aliphatic carbocycles. The van der Waals surface area contributed by atoms with Crippen molar-refractivity contribution in [1.82, 2.24) is 5.32 Å². The third-order valence-corrected chi connectivity index (χ3v) is 8.79. The zero-order chi connectivity index (χ0) is 25.3. The summed E-state index contributed by atoms with van der Waals surface area (Å²) in [7, 11) is 1.71. The van der Waals surface area contributed by atoms with E-state index in [1.54, 1.807) is 25.2 Å². The molecule has 4 aliphatic rings. The van der Waals surface area contributed by atoms with E-state index in [9.17, 15) is 15.0 Å². The van der Waals surface area contributed by atoms with Gasteiger partial charge in [-0.15, -0.1) is 0 Å². The first-order valence-corrected chi connectivity index (χ1v) is 12.8. The molecule has 1 saturated carbocycles. The van der Waals surface area contributed by atoms with Crippen LogP contribution < -0.4 is 10.4 Å². The number of carbonyl (C=O) groups is 1. The van der Waals surface area contributed by atoms with E-state index in [0.29, 0.717) is 16.3 Å². The summed E-state index contributed by atoms with van der Waals surface area (Å²) < 4.78 is 5.97. The van der Waals surface area contributed by atoms with Crippen molar-refractivity contribution < 1.29 is 24.6 Å². The summed E-state index contributed by atoms with van der Waals surface area (Å²) >= 11 is 6.37. The number of rotatable bonds is 3. The smallest absolute Gasteiger partial charge is 0.325 e. The van der Waals surface area contributed by atoms with Crippen molar-refractivity contribution in [3.05, 3.63) is 52.6 Å². The minimum atomic E-state index is -1.62. The molecule has 1 saturated heterocycles. The lowest BCUT2D eigenvalue weighted by Gasteiger charge is -2.51. The number of hydrogen-bond acceptors (Lipinski definition) is 7. The highest BCUT2D eigenvalue weighted by Gasteiger charge is 2.58. The van der Waals surface area contributed by atoms with E-state index in [4.69, 9.17) is 21.2 Å². The Morgan fingerprint density at radius 3 is 2.80 bits per heavy atom. The zero-order valence-electron chi connectivity index (χ0n) is 20.8. The average molecular weight is 503 g/mol. The van der Waals surface area contributed by atoms with Gasteiger partial charge in [-0.25, -0.2) is 0 Å². The number of aliphatic hydroxyl groups is 2. The number of carbonyl (C=O) groups excluding carboxylic acids is 1. The second kappa shape index (κ2) is 8.60. The molecule has 190 valence electrons. The number of fused-ring (bicyclic) bond motifs is 4. The number of anilines is 1. The van der Waals surface area contributed by atoms with E-state index in [0.717, 1.165) is 24.0 Å². The highest BCUT2D eigenvalue weighted by atomic mass is 35.5. The van der Waals surface area contributed by atoms with Crippen molar-refractivity contribution >= 4 is 23.3 Å². The molecule has 2 fully saturated rings. The monoisotopic (exact) mass is 502 g/mol. The molecule has 0 bridgehead atoms. The standard InChI is InChI=1S/C27H35ClN2O5/c1-14(2)17-10-9-16(4)22-18(17)11-15(3)12-27(22,33)34-24(31)21-13-26(32)19-7-6-8-20(28)23(19)30(5)35-25(26)29-21/h6-8,11,16-18,21-22,25,29,32-33H,1,9-10,12-13H2,2-5H3/t16?,17?,18?,21-,22?,25+,26+,27?/m0/s1. The maximum absolute atomic E-state index is 13.5. The first kappa shape index (κ1) is 24.8. The maximum atomic E-state index is 13.5. The van der Waals surface area contributed by atoms with Crippen molar-refractivity contribution in [3.63, 3.8) is 0 Å². The van der Waals surface area contributed by atoms with Crippen LogP contribution in [0.4, 0.5) is 5.69 Å².